The van der Waals surface area contributed by atoms with Crippen molar-refractivity contribution in [3.05, 3.63) is 82.3 Å². The number of anilines is 2. The number of benzene rings is 3. The molecular formula is C24H19N3O5. The number of nitrogens with one attached hydrogen (secondary N) is 1. The molecule has 5 rings (SSSR count). The van der Waals surface area contributed by atoms with Gasteiger partial charge in [0.25, 0.3) is 5.91 Å². The number of para-hydroxylation sites is 2. The van der Waals surface area contributed by atoms with Crippen molar-refractivity contribution in [2.75, 3.05) is 17.3 Å². The zero-order valence-electron chi connectivity index (χ0n) is 17.4. The second kappa shape index (κ2) is 7.42. The number of amides is 2. The molecule has 1 aliphatic heterocycles. The molecule has 1 aliphatic rings. The highest BCUT2D eigenvalue weighted by atomic mass is 16.5. The molecule has 4 aromatic rings. The van der Waals surface area contributed by atoms with Crippen molar-refractivity contribution in [1.82, 2.24) is 4.57 Å². The van der Waals surface area contributed by atoms with Crippen LogP contribution in [0.4, 0.5) is 11.4 Å². The summed E-state index contributed by atoms with van der Waals surface area (Å²) in [7, 11) is 1.68. The average Bonchev–Trinajstić information content (AvgIpc) is 3.04. The molecule has 1 aromatic heterocycles. The van der Waals surface area contributed by atoms with Gasteiger partial charge < -0.3 is 19.4 Å². The topological polar surface area (TPSA) is 93.8 Å². The Morgan fingerprint density at radius 1 is 1.00 bits per heavy atom. The second-order valence-corrected chi connectivity index (χ2v) is 7.62. The molecule has 2 amide bonds. The summed E-state index contributed by atoms with van der Waals surface area (Å²) in [4.78, 5) is 39.3. The highest BCUT2D eigenvalue weighted by molar-refractivity contribution is 6.10. The number of carbonyl (C=O) groups is 2. The molecule has 160 valence electrons. The number of carbonyl (C=O) groups excluding carboxylic acids is 2. The average molecular weight is 429 g/mol. The van der Waals surface area contributed by atoms with Gasteiger partial charge >= 0.3 is 5.76 Å². The van der Waals surface area contributed by atoms with Crippen LogP contribution in [0.15, 0.2) is 69.9 Å². The summed E-state index contributed by atoms with van der Waals surface area (Å²) < 4.78 is 12.4. The molecule has 0 spiro atoms. The molecular weight excluding hydrogens is 410 g/mol. The molecule has 0 fully saturated rings. The van der Waals surface area contributed by atoms with Gasteiger partial charge in [-0.25, -0.2) is 4.79 Å². The number of ether oxygens (including phenoxy) is 1. The third kappa shape index (κ3) is 3.31. The summed E-state index contributed by atoms with van der Waals surface area (Å²) in [5, 5.41) is 2.74. The van der Waals surface area contributed by atoms with E-state index in [9.17, 15) is 14.4 Å². The molecule has 0 unspecified atom stereocenters. The third-order valence-electron chi connectivity index (χ3n) is 5.37. The number of oxazole rings is 1. The fourth-order valence-corrected chi connectivity index (χ4v) is 3.76. The first-order chi connectivity index (χ1) is 15.4. The quantitative estimate of drug-likeness (QED) is 0.533. The Bertz CT molecular complexity index is 1450. The van der Waals surface area contributed by atoms with Crippen LogP contribution in [0.3, 0.4) is 0 Å². The van der Waals surface area contributed by atoms with E-state index in [1.165, 1.54) is 9.47 Å². The van der Waals surface area contributed by atoms with E-state index in [0.29, 0.717) is 39.5 Å². The predicted octanol–water partition coefficient (Wildman–Crippen LogP) is 3.92. The molecule has 0 atom stereocenters. The molecule has 8 heteroatoms. The van der Waals surface area contributed by atoms with Crippen LogP contribution in [0.5, 0.6) is 11.5 Å². The lowest BCUT2D eigenvalue weighted by Gasteiger charge is -2.16. The van der Waals surface area contributed by atoms with Gasteiger partial charge in [0.05, 0.1) is 16.8 Å². The maximum atomic E-state index is 13.1. The first kappa shape index (κ1) is 19.6. The molecule has 2 heterocycles. The first-order valence-corrected chi connectivity index (χ1v) is 9.99. The van der Waals surface area contributed by atoms with E-state index in [1.54, 1.807) is 49.5 Å². The van der Waals surface area contributed by atoms with E-state index in [1.807, 2.05) is 25.1 Å². The molecule has 0 radical (unpaired) electrons. The van der Waals surface area contributed by atoms with Crippen molar-refractivity contribution in [3.8, 4) is 11.5 Å². The Kier molecular flexibility index (Phi) is 4.55. The van der Waals surface area contributed by atoms with Crippen molar-refractivity contribution >= 4 is 34.3 Å². The molecule has 0 aliphatic carbocycles. The lowest BCUT2D eigenvalue weighted by atomic mass is 10.1. The van der Waals surface area contributed by atoms with Crippen LogP contribution in [0.2, 0.25) is 0 Å². The number of hydrogen-bond acceptors (Lipinski definition) is 5. The van der Waals surface area contributed by atoms with E-state index >= 15 is 0 Å². The third-order valence-corrected chi connectivity index (χ3v) is 5.37. The van der Waals surface area contributed by atoms with Gasteiger partial charge in [-0.15, -0.1) is 0 Å². The van der Waals surface area contributed by atoms with Gasteiger partial charge in [-0.3, -0.25) is 14.2 Å². The molecule has 32 heavy (non-hydrogen) atoms. The standard InChI is InChI=1S/C24H19N3O5/c1-14-7-9-21-18(11-14)26(2)23(29)16-12-15(8-10-19(16)31-21)25-22(28)13-27-17-5-3-4-6-20(17)32-24(27)30/h3-12H,13H2,1-2H3,(H,25,28). The first-order valence-electron chi connectivity index (χ1n) is 9.99. The Labute approximate surface area is 182 Å². The van der Waals surface area contributed by atoms with Gasteiger partial charge in [0, 0.05) is 12.7 Å². The van der Waals surface area contributed by atoms with Crippen LogP contribution >= 0.6 is 0 Å². The lowest BCUT2D eigenvalue weighted by Crippen LogP contribution is -2.26. The van der Waals surface area contributed by atoms with Crippen LogP contribution in [0.25, 0.3) is 11.1 Å². The fraction of sp³-hybridized carbons (Fsp3) is 0.125. The van der Waals surface area contributed by atoms with E-state index in [-0.39, 0.29) is 12.5 Å². The van der Waals surface area contributed by atoms with E-state index in [2.05, 4.69) is 5.32 Å². The van der Waals surface area contributed by atoms with Crippen LogP contribution in [0.1, 0.15) is 15.9 Å². The lowest BCUT2D eigenvalue weighted by molar-refractivity contribution is -0.116. The maximum Gasteiger partial charge on any atom is 0.420 e. The van der Waals surface area contributed by atoms with Gasteiger partial charge in [0.2, 0.25) is 5.91 Å². The van der Waals surface area contributed by atoms with Crippen LogP contribution in [0, 0.1) is 6.92 Å². The predicted molar refractivity (Wildman–Crippen MR) is 120 cm³/mol. The molecule has 0 saturated carbocycles. The summed E-state index contributed by atoms with van der Waals surface area (Å²) >= 11 is 0. The van der Waals surface area contributed by atoms with Crippen molar-refractivity contribution in [2.45, 2.75) is 13.5 Å². The van der Waals surface area contributed by atoms with Crippen molar-refractivity contribution in [2.24, 2.45) is 0 Å². The fourth-order valence-electron chi connectivity index (χ4n) is 3.76. The Morgan fingerprint density at radius 2 is 1.78 bits per heavy atom. The highest BCUT2D eigenvalue weighted by Crippen LogP contribution is 2.39. The number of fused-ring (bicyclic) bond motifs is 3. The molecule has 1 N–H and O–H groups in total. The van der Waals surface area contributed by atoms with Crippen LogP contribution < -0.4 is 20.7 Å². The molecule has 0 saturated heterocycles. The van der Waals surface area contributed by atoms with Crippen molar-refractivity contribution in [3.63, 3.8) is 0 Å². The zero-order chi connectivity index (χ0) is 22.4. The van der Waals surface area contributed by atoms with Crippen molar-refractivity contribution in [1.29, 1.82) is 0 Å². The summed E-state index contributed by atoms with van der Waals surface area (Å²) in [6.45, 7) is 1.72. The smallest absolute Gasteiger partial charge is 0.420 e. The molecule has 3 aromatic carbocycles. The van der Waals surface area contributed by atoms with E-state index in [0.717, 1.165) is 5.56 Å². The SMILES string of the molecule is Cc1ccc2c(c1)N(C)C(=O)c1cc(NC(=O)Cn3c(=O)oc4ccccc43)ccc1O2. The van der Waals surface area contributed by atoms with Gasteiger partial charge in [0.1, 0.15) is 12.3 Å². The largest absolute Gasteiger partial charge is 0.454 e. The summed E-state index contributed by atoms with van der Waals surface area (Å²) in [6.07, 6.45) is 0. The summed E-state index contributed by atoms with van der Waals surface area (Å²) in [6, 6.07) is 17.4. The minimum atomic E-state index is -0.610. The van der Waals surface area contributed by atoms with Gasteiger partial charge in [0.15, 0.2) is 11.3 Å². The minimum absolute atomic E-state index is 0.220. The summed E-state index contributed by atoms with van der Waals surface area (Å²) in [5.41, 5.74) is 3.37. The van der Waals surface area contributed by atoms with Gasteiger partial charge in [-0.1, -0.05) is 18.2 Å². The molecule has 0 bridgehead atoms. The van der Waals surface area contributed by atoms with Crippen LogP contribution in [-0.4, -0.2) is 23.4 Å². The number of hydrogen-bond donors (Lipinski definition) is 1. The second-order valence-electron chi connectivity index (χ2n) is 7.62. The highest BCUT2D eigenvalue weighted by Gasteiger charge is 2.26. The Morgan fingerprint density at radius 3 is 2.62 bits per heavy atom. The van der Waals surface area contributed by atoms with Gasteiger partial charge in [-0.05, 0) is 55.0 Å². The number of rotatable bonds is 3. The monoisotopic (exact) mass is 429 g/mol. The number of aromatic nitrogens is 1. The Balaban J connectivity index is 1.42. The van der Waals surface area contributed by atoms with Gasteiger partial charge in [-0.2, -0.15) is 0 Å². The van der Waals surface area contributed by atoms with E-state index in [4.69, 9.17) is 9.15 Å². The Hall–Kier alpha value is -4.33. The van der Waals surface area contributed by atoms with Crippen molar-refractivity contribution < 1.29 is 18.7 Å². The van der Waals surface area contributed by atoms with E-state index < -0.39 is 11.7 Å². The number of nitrogens with zero attached hydrogens (tertiary/aromatic N) is 2. The minimum Gasteiger partial charge on any atom is -0.454 e. The van der Waals surface area contributed by atoms with Crippen LogP contribution in [-0.2, 0) is 11.3 Å². The molecule has 8 nitrogen and oxygen atoms in total. The zero-order valence-corrected chi connectivity index (χ0v) is 17.4. The summed E-state index contributed by atoms with van der Waals surface area (Å²) in [5.74, 6) is -0.306. The number of aryl methyl sites for hydroxylation is 1. The maximum absolute atomic E-state index is 13.1. The normalized spacial score (nSPS) is 12.7.